The first-order valence-corrected chi connectivity index (χ1v) is 6.68. The zero-order valence-electron chi connectivity index (χ0n) is 9.14. The summed E-state index contributed by atoms with van der Waals surface area (Å²) in [7, 11) is -3.43. The molecule has 0 spiro atoms. The number of piperidine rings is 1. The highest BCUT2D eigenvalue weighted by atomic mass is 32.2. The van der Waals surface area contributed by atoms with Crippen LogP contribution in [0.15, 0.2) is 0 Å². The van der Waals surface area contributed by atoms with Gasteiger partial charge in [0.25, 0.3) is 0 Å². The SMILES string of the molecule is CC(=O)NC1CCN(S(=O)(=O)CC#N)CC1. The second-order valence-electron chi connectivity index (χ2n) is 3.79. The van der Waals surface area contributed by atoms with Gasteiger partial charge in [0.15, 0.2) is 5.75 Å². The first-order valence-electron chi connectivity index (χ1n) is 5.07. The summed E-state index contributed by atoms with van der Waals surface area (Å²) in [5.41, 5.74) is 0. The van der Waals surface area contributed by atoms with Gasteiger partial charge in [-0.15, -0.1) is 0 Å². The number of sulfonamides is 1. The van der Waals surface area contributed by atoms with Gasteiger partial charge in [-0.3, -0.25) is 4.79 Å². The van der Waals surface area contributed by atoms with E-state index >= 15 is 0 Å². The molecule has 16 heavy (non-hydrogen) atoms. The molecule has 0 aromatic rings. The maximum atomic E-state index is 11.5. The van der Waals surface area contributed by atoms with E-state index in [4.69, 9.17) is 5.26 Å². The lowest BCUT2D eigenvalue weighted by Crippen LogP contribution is -2.46. The summed E-state index contributed by atoms with van der Waals surface area (Å²) in [5.74, 6) is -0.573. The van der Waals surface area contributed by atoms with Crippen molar-refractivity contribution < 1.29 is 13.2 Å². The van der Waals surface area contributed by atoms with Crippen LogP contribution >= 0.6 is 0 Å². The van der Waals surface area contributed by atoms with Crippen molar-refractivity contribution in [2.45, 2.75) is 25.8 Å². The molecule has 1 N–H and O–H groups in total. The lowest BCUT2D eigenvalue weighted by Gasteiger charge is -2.30. The maximum absolute atomic E-state index is 11.5. The third kappa shape index (κ3) is 3.47. The van der Waals surface area contributed by atoms with Gasteiger partial charge in [0.1, 0.15) is 0 Å². The van der Waals surface area contributed by atoms with Gasteiger partial charge in [-0.25, -0.2) is 12.7 Å². The fourth-order valence-corrected chi connectivity index (χ4v) is 2.85. The smallest absolute Gasteiger partial charge is 0.227 e. The third-order valence-electron chi connectivity index (χ3n) is 2.50. The molecule has 0 aliphatic carbocycles. The maximum Gasteiger partial charge on any atom is 0.227 e. The van der Waals surface area contributed by atoms with Gasteiger partial charge in [0.2, 0.25) is 15.9 Å². The van der Waals surface area contributed by atoms with Crippen LogP contribution in [-0.4, -0.2) is 43.5 Å². The zero-order chi connectivity index (χ0) is 12.2. The van der Waals surface area contributed by atoms with Crippen molar-refractivity contribution in [3.63, 3.8) is 0 Å². The lowest BCUT2D eigenvalue weighted by atomic mass is 10.1. The van der Waals surface area contributed by atoms with Gasteiger partial charge >= 0.3 is 0 Å². The number of carbonyl (C=O) groups is 1. The van der Waals surface area contributed by atoms with Gasteiger partial charge in [-0.2, -0.15) is 5.26 Å². The fourth-order valence-electron chi connectivity index (χ4n) is 1.74. The molecular formula is C9H15N3O3S. The number of amides is 1. The van der Waals surface area contributed by atoms with E-state index in [2.05, 4.69) is 5.32 Å². The molecule has 0 atom stereocenters. The number of carbonyl (C=O) groups excluding carboxylic acids is 1. The molecule has 1 fully saturated rings. The molecule has 0 aromatic carbocycles. The summed E-state index contributed by atoms with van der Waals surface area (Å²) in [6.07, 6.45) is 1.20. The highest BCUT2D eigenvalue weighted by molar-refractivity contribution is 7.89. The third-order valence-corrected chi connectivity index (χ3v) is 4.15. The van der Waals surface area contributed by atoms with Gasteiger partial charge in [0.05, 0.1) is 6.07 Å². The number of rotatable bonds is 3. The normalized spacial score (nSPS) is 19.0. The van der Waals surface area contributed by atoms with Crippen LogP contribution in [0, 0.1) is 11.3 Å². The Balaban J connectivity index is 2.50. The number of hydrogen-bond acceptors (Lipinski definition) is 4. The van der Waals surface area contributed by atoms with Gasteiger partial charge in [-0.05, 0) is 12.8 Å². The van der Waals surface area contributed by atoms with E-state index in [1.165, 1.54) is 11.2 Å². The van der Waals surface area contributed by atoms with Crippen molar-refractivity contribution in [1.82, 2.24) is 9.62 Å². The Labute approximate surface area is 95.3 Å². The van der Waals surface area contributed by atoms with Crippen LogP contribution in [0.5, 0.6) is 0 Å². The highest BCUT2D eigenvalue weighted by Crippen LogP contribution is 2.14. The molecule has 1 rings (SSSR count). The number of nitriles is 1. The second-order valence-corrected chi connectivity index (χ2v) is 5.76. The predicted molar refractivity (Wildman–Crippen MR) is 57.8 cm³/mol. The van der Waals surface area contributed by atoms with E-state index in [0.717, 1.165) is 0 Å². The minimum Gasteiger partial charge on any atom is -0.354 e. The average molecular weight is 245 g/mol. The number of hydrogen-bond donors (Lipinski definition) is 1. The van der Waals surface area contributed by atoms with Crippen molar-refractivity contribution in [2.24, 2.45) is 0 Å². The van der Waals surface area contributed by atoms with Gasteiger partial charge in [0, 0.05) is 26.1 Å². The van der Waals surface area contributed by atoms with Crippen LogP contribution < -0.4 is 5.32 Å². The summed E-state index contributed by atoms with van der Waals surface area (Å²) < 4.78 is 24.4. The summed E-state index contributed by atoms with van der Waals surface area (Å²) in [6.45, 7) is 2.18. The van der Waals surface area contributed by atoms with E-state index in [1.807, 2.05) is 0 Å². The van der Waals surface area contributed by atoms with Crippen molar-refractivity contribution in [3.8, 4) is 6.07 Å². The Morgan fingerprint density at radius 3 is 2.50 bits per heavy atom. The largest absolute Gasteiger partial charge is 0.354 e. The van der Waals surface area contributed by atoms with Crippen molar-refractivity contribution in [1.29, 1.82) is 5.26 Å². The summed E-state index contributed by atoms with van der Waals surface area (Å²) >= 11 is 0. The lowest BCUT2D eigenvalue weighted by molar-refractivity contribution is -0.119. The van der Waals surface area contributed by atoms with Crippen LogP contribution in [0.25, 0.3) is 0 Å². The molecular weight excluding hydrogens is 230 g/mol. The van der Waals surface area contributed by atoms with Crippen molar-refractivity contribution in [2.75, 3.05) is 18.8 Å². The highest BCUT2D eigenvalue weighted by Gasteiger charge is 2.27. The van der Waals surface area contributed by atoms with E-state index in [1.54, 1.807) is 6.07 Å². The first-order chi connectivity index (χ1) is 7.45. The summed E-state index contributed by atoms with van der Waals surface area (Å²) in [5, 5.41) is 11.2. The summed E-state index contributed by atoms with van der Waals surface area (Å²) in [6, 6.07) is 1.70. The Hall–Kier alpha value is -1.13. The van der Waals surface area contributed by atoms with Crippen molar-refractivity contribution >= 4 is 15.9 Å². The summed E-state index contributed by atoms with van der Waals surface area (Å²) in [4.78, 5) is 10.8. The van der Waals surface area contributed by atoms with Crippen LogP contribution in [0.4, 0.5) is 0 Å². The van der Waals surface area contributed by atoms with Crippen LogP contribution in [0.1, 0.15) is 19.8 Å². The standard InChI is InChI=1S/C9H15N3O3S/c1-8(13)11-9-2-5-12(6-3-9)16(14,15)7-4-10/h9H,2-3,5-7H2,1H3,(H,11,13). The Kier molecular flexibility index (Phi) is 4.26. The quantitative estimate of drug-likeness (QED) is 0.721. The minimum atomic E-state index is -3.43. The molecule has 1 saturated heterocycles. The fraction of sp³-hybridized carbons (Fsp3) is 0.778. The van der Waals surface area contributed by atoms with Gasteiger partial charge < -0.3 is 5.32 Å². The van der Waals surface area contributed by atoms with Crippen LogP contribution in [-0.2, 0) is 14.8 Å². The Bertz CT molecular complexity index is 391. The van der Waals surface area contributed by atoms with Crippen molar-refractivity contribution in [3.05, 3.63) is 0 Å². The van der Waals surface area contributed by atoms with Gasteiger partial charge in [-0.1, -0.05) is 0 Å². The average Bonchev–Trinajstić information content (AvgIpc) is 2.17. The Morgan fingerprint density at radius 2 is 2.06 bits per heavy atom. The van der Waals surface area contributed by atoms with E-state index in [-0.39, 0.29) is 11.9 Å². The van der Waals surface area contributed by atoms with E-state index in [9.17, 15) is 13.2 Å². The molecule has 0 bridgehead atoms. The Morgan fingerprint density at radius 1 is 1.50 bits per heavy atom. The van der Waals surface area contributed by atoms with E-state index in [0.29, 0.717) is 25.9 Å². The molecule has 90 valence electrons. The first kappa shape index (κ1) is 12.9. The minimum absolute atomic E-state index is 0.0473. The molecule has 0 radical (unpaired) electrons. The molecule has 1 amide bonds. The van der Waals surface area contributed by atoms with Crippen LogP contribution in [0.2, 0.25) is 0 Å². The topological polar surface area (TPSA) is 90.3 Å². The number of nitrogens with one attached hydrogen (secondary N) is 1. The molecule has 0 unspecified atom stereocenters. The molecule has 1 aliphatic heterocycles. The molecule has 1 heterocycles. The molecule has 1 aliphatic rings. The second kappa shape index (κ2) is 5.27. The molecule has 0 saturated carbocycles. The molecule has 0 aromatic heterocycles. The zero-order valence-corrected chi connectivity index (χ0v) is 9.96. The molecule has 6 nitrogen and oxygen atoms in total. The molecule has 7 heteroatoms. The van der Waals surface area contributed by atoms with Crippen LogP contribution in [0.3, 0.4) is 0 Å². The number of nitrogens with zero attached hydrogens (tertiary/aromatic N) is 2. The van der Waals surface area contributed by atoms with E-state index < -0.39 is 15.8 Å². The predicted octanol–water partition coefficient (Wildman–Crippen LogP) is -0.560. The monoisotopic (exact) mass is 245 g/mol.